The highest BCUT2D eigenvalue weighted by Gasteiger charge is 2.42. The second kappa shape index (κ2) is 14.3. The standard InChI is InChI=1S/C31H32N2O11/c1-17(2)28(35)43-25-18(3)42-30(37)21(16-41-29(36)20(25)15-19-9-6-5-7-10-19)33-27(34)24-26(22(39-4)12-13-32-24)44-31(38)23-11-8-14-40-23/h5-14,17-18,20-21,25H,15-16H2,1-4H3,(H,33,34)/t18-,20+,21?,25?/m0/s1. The summed E-state index contributed by atoms with van der Waals surface area (Å²) in [7, 11) is 1.30. The van der Waals surface area contributed by atoms with E-state index in [-0.39, 0.29) is 23.7 Å². The molecule has 2 aromatic heterocycles. The zero-order valence-corrected chi connectivity index (χ0v) is 24.5. The first kappa shape index (κ1) is 31.7. The number of furan rings is 1. The van der Waals surface area contributed by atoms with Crippen LogP contribution in [0.15, 0.2) is 65.4 Å². The van der Waals surface area contributed by atoms with Crippen molar-refractivity contribution in [3.05, 3.63) is 78.0 Å². The first-order chi connectivity index (χ1) is 21.1. The molecular formula is C31H32N2O11. The molecule has 0 radical (unpaired) electrons. The van der Waals surface area contributed by atoms with E-state index in [1.165, 1.54) is 44.7 Å². The molecule has 0 aliphatic carbocycles. The second-order valence-electron chi connectivity index (χ2n) is 10.2. The van der Waals surface area contributed by atoms with Crippen LogP contribution in [0.5, 0.6) is 11.5 Å². The average molecular weight is 609 g/mol. The Kier molecular flexibility index (Phi) is 10.3. The lowest BCUT2D eigenvalue weighted by molar-refractivity contribution is -0.176. The van der Waals surface area contributed by atoms with Crippen LogP contribution in [0, 0.1) is 11.8 Å². The van der Waals surface area contributed by atoms with Crippen molar-refractivity contribution in [1.82, 2.24) is 10.3 Å². The van der Waals surface area contributed by atoms with E-state index in [1.807, 2.05) is 6.07 Å². The number of pyridine rings is 1. The Labute approximate surface area is 252 Å². The largest absolute Gasteiger partial charge is 0.493 e. The predicted octanol–water partition coefficient (Wildman–Crippen LogP) is 2.92. The Morgan fingerprint density at radius 1 is 1.05 bits per heavy atom. The third kappa shape index (κ3) is 7.60. The number of nitrogens with zero attached hydrogens (tertiary/aromatic N) is 1. The van der Waals surface area contributed by atoms with Crippen molar-refractivity contribution in [3.8, 4) is 11.5 Å². The SMILES string of the molecule is COc1ccnc(C(=O)NC2COC(=O)[C@H](Cc3ccccc3)C(OC(=O)C(C)C)[C@H](C)OC2=O)c1OC(=O)c1ccco1. The number of cyclic esters (lactones) is 2. The van der Waals surface area contributed by atoms with Gasteiger partial charge in [-0.15, -0.1) is 0 Å². The fourth-order valence-corrected chi connectivity index (χ4v) is 4.37. The normalized spacial score (nSPS) is 20.3. The second-order valence-corrected chi connectivity index (χ2v) is 10.2. The minimum Gasteiger partial charge on any atom is -0.493 e. The molecule has 4 atom stereocenters. The molecule has 1 fully saturated rings. The molecule has 1 N–H and O–H groups in total. The van der Waals surface area contributed by atoms with Crippen LogP contribution in [-0.4, -0.2) is 66.7 Å². The summed E-state index contributed by atoms with van der Waals surface area (Å²) in [5.41, 5.74) is 0.366. The molecule has 0 saturated carbocycles. The summed E-state index contributed by atoms with van der Waals surface area (Å²) in [6, 6.07) is 11.7. The predicted molar refractivity (Wildman–Crippen MR) is 151 cm³/mol. The molecule has 2 unspecified atom stereocenters. The van der Waals surface area contributed by atoms with Crippen LogP contribution in [0.25, 0.3) is 0 Å². The lowest BCUT2D eigenvalue weighted by atomic mass is 9.91. The van der Waals surface area contributed by atoms with E-state index in [1.54, 1.807) is 38.1 Å². The highest BCUT2D eigenvalue weighted by Crippen LogP contribution is 2.31. The lowest BCUT2D eigenvalue weighted by Gasteiger charge is -2.29. The molecule has 3 aromatic rings. The summed E-state index contributed by atoms with van der Waals surface area (Å²) in [5.74, 6) is -6.20. The third-order valence-corrected chi connectivity index (χ3v) is 6.69. The number of nitrogens with one attached hydrogen (secondary N) is 1. The van der Waals surface area contributed by atoms with Crippen molar-refractivity contribution >= 4 is 29.8 Å². The van der Waals surface area contributed by atoms with Gasteiger partial charge in [0.1, 0.15) is 18.6 Å². The van der Waals surface area contributed by atoms with Gasteiger partial charge in [-0.3, -0.25) is 14.4 Å². The van der Waals surface area contributed by atoms with E-state index >= 15 is 0 Å². The van der Waals surface area contributed by atoms with E-state index in [4.69, 9.17) is 28.1 Å². The summed E-state index contributed by atoms with van der Waals surface area (Å²) in [6.45, 7) is 4.16. The average Bonchev–Trinajstić information content (AvgIpc) is 3.56. The van der Waals surface area contributed by atoms with E-state index in [0.29, 0.717) is 0 Å². The Bertz CT molecular complexity index is 1490. The van der Waals surface area contributed by atoms with Gasteiger partial charge in [-0.25, -0.2) is 14.6 Å². The maximum absolute atomic E-state index is 13.4. The number of hydrogen-bond acceptors (Lipinski definition) is 12. The van der Waals surface area contributed by atoms with Crippen molar-refractivity contribution in [2.75, 3.05) is 13.7 Å². The molecule has 13 nitrogen and oxygen atoms in total. The molecule has 1 aromatic carbocycles. The molecular weight excluding hydrogens is 576 g/mol. The van der Waals surface area contributed by atoms with Gasteiger partial charge in [0.05, 0.1) is 19.3 Å². The summed E-state index contributed by atoms with van der Waals surface area (Å²) in [6.07, 6.45) is 0.373. The van der Waals surface area contributed by atoms with Gasteiger partial charge in [0.15, 0.2) is 23.6 Å². The van der Waals surface area contributed by atoms with Gasteiger partial charge >= 0.3 is 23.9 Å². The minimum atomic E-state index is -1.49. The Hall–Kier alpha value is -5.20. The van der Waals surface area contributed by atoms with E-state index in [0.717, 1.165) is 5.56 Å². The van der Waals surface area contributed by atoms with Crippen LogP contribution in [-0.2, 0) is 35.0 Å². The Morgan fingerprint density at radius 3 is 2.45 bits per heavy atom. The van der Waals surface area contributed by atoms with Gasteiger partial charge in [-0.05, 0) is 31.0 Å². The number of hydrogen-bond donors (Lipinski definition) is 1. The number of benzene rings is 1. The van der Waals surface area contributed by atoms with Crippen LogP contribution in [0.1, 0.15) is 47.4 Å². The summed E-state index contributed by atoms with van der Waals surface area (Å²) >= 11 is 0. The first-order valence-electron chi connectivity index (χ1n) is 13.8. The summed E-state index contributed by atoms with van der Waals surface area (Å²) in [4.78, 5) is 69.2. The molecule has 0 bridgehead atoms. The molecule has 1 saturated heterocycles. The molecule has 3 heterocycles. The molecule has 4 rings (SSSR count). The first-order valence-corrected chi connectivity index (χ1v) is 13.8. The molecule has 232 valence electrons. The smallest absolute Gasteiger partial charge is 0.379 e. The maximum Gasteiger partial charge on any atom is 0.379 e. The van der Waals surface area contributed by atoms with E-state index in [9.17, 15) is 24.0 Å². The number of methoxy groups -OCH3 is 1. The molecule has 1 aliphatic rings. The van der Waals surface area contributed by atoms with Crippen LogP contribution >= 0.6 is 0 Å². The molecule has 0 spiro atoms. The number of rotatable bonds is 9. The number of ether oxygens (including phenoxy) is 5. The van der Waals surface area contributed by atoms with Crippen molar-refractivity contribution < 1.29 is 52.1 Å². The van der Waals surface area contributed by atoms with Gasteiger partial charge in [-0.2, -0.15) is 0 Å². The van der Waals surface area contributed by atoms with Gasteiger partial charge in [-0.1, -0.05) is 44.2 Å². The fraction of sp³-hybridized carbons (Fsp3) is 0.355. The summed E-state index contributed by atoms with van der Waals surface area (Å²) < 4.78 is 32.4. The van der Waals surface area contributed by atoms with Crippen LogP contribution in [0.4, 0.5) is 0 Å². The number of esters is 4. The van der Waals surface area contributed by atoms with Crippen LogP contribution in [0.3, 0.4) is 0 Å². The van der Waals surface area contributed by atoms with E-state index < -0.39 is 72.2 Å². The number of carbonyl (C=O) groups excluding carboxylic acids is 5. The van der Waals surface area contributed by atoms with Gasteiger partial charge in [0.2, 0.25) is 11.5 Å². The van der Waals surface area contributed by atoms with Gasteiger partial charge in [0.25, 0.3) is 5.91 Å². The van der Waals surface area contributed by atoms with Crippen LogP contribution in [0.2, 0.25) is 0 Å². The maximum atomic E-state index is 13.4. The molecule has 1 aliphatic heterocycles. The lowest BCUT2D eigenvalue weighted by Crippen LogP contribution is -2.47. The zero-order chi connectivity index (χ0) is 31.8. The summed E-state index contributed by atoms with van der Waals surface area (Å²) in [5, 5.41) is 2.43. The number of amides is 1. The van der Waals surface area contributed by atoms with Crippen molar-refractivity contribution in [2.45, 2.75) is 45.4 Å². The quantitative estimate of drug-likeness (QED) is 0.279. The monoisotopic (exact) mass is 608 g/mol. The molecule has 13 heteroatoms. The van der Waals surface area contributed by atoms with Crippen molar-refractivity contribution in [2.24, 2.45) is 11.8 Å². The number of aromatic nitrogens is 1. The highest BCUT2D eigenvalue weighted by molar-refractivity contribution is 5.99. The minimum absolute atomic E-state index is 0.000660. The van der Waals surface area contributed by atoms with Gasteiger partial charge in [0, 0.05) is 12.3 Å². The Balaban J connectivity index is 1.59. The van der Waals surface area contributed by atoms with Crippen molar-refractivity contribution in [3.63, 3.8) is 0 Å². The van der Waals surface area contributed by atoms with Crippen LogP contribution < -0.4 is 14.8 Å². The Morgan fingerprint density at radius 2 is 1.80 bits per heavy atom. The number of carbonyl (C=O) groups is 5. The fourth-order valence-electron chi connectivity index (χ4n) is 4.37. The highest BCUT2D eigenvalue weighted by atomic mass is 16.6. The van der Waals surface area contributed by atoms with E-state index in [2.05, 4.69) is 10.3 Å². The molecule has 44 heavy (non-hydrogen) atoms. The van der Waals surface area contributed by atoms with Gasteiger partial charge < -0.3 is 33.4 Å². The zero-order valence-electron chi connectivity index (χ0n) is 24.5. The van der Waals surface area contributed by atoms with Crippen molar-refractivity contribution in [1.29, 1.82) is 0 Å². The third-order valence-electron chi connectivity index (χ3n) is 6.69. The topological polar surface area (TPSA) is 170 Å². The molecule has 1 amide bonds.